The monoisotopic (exact) mass is 314 g/mol. The van der Waals surface area contributed by atoms with E-state index in [0.29, 0.717) is 17.0 Å². The van der Waals surface area contributed by atoms with Crippen molar-refractivity contribution in [2.75, 3.05) is 0 Å². The molecule has 0 spiro atoms. The lowest BCUT2D eigenvalue weighted by Gasteiger charge is -2.10. The van der Waals surface area contributed by atoms with Crippen LogP contribution in [0.3, 0.4) is 0 Å². The number of aromatic nitrogens is 1. The molecule has 0 saturated carbocycles. The van der Waals surface area contributed by atoms with E-state index in [1.165, 1.54) is 18.2 Å². The molecule has 0 radical (unpaired) electrons. The first-order valence-corrected chi connectivity index (χ1v) is 6.35. The Morgan fingerprint density at radius 3 is 2.77 bits per heavy atom. The SMILES string of the molecule is Cc1cc(CNC(=O)Cc2cccc(OC(F)(F)F)c2)no1. The third kappa shape index (κ3) is 5.12. The van der Waals surface area contributed by atoms with Crippen LogP contribution in [0.1, 0.15) is 17.0 Å². The Kier molecular flexibility index (Phi) is 4.69. The molecule has 8 heteroatoms. The van der Waals surface area contributed by atoms with Gasteiger partial charge in [-0.2, -0.15) is 0 Å². The molecule has 1 N–H and O–H groups in total. The molecule has 0 aliphatic carbocycles. The van der Waals surface area contributed by atoms with Gasteiger partial charge in [-0.3, -0.25) is 4.79 Å². The number of benzene rings is 1. The fourth-order valence-corrected chi connectivity index (χ4v) is 1.79. The van der Waals surface area contributed by atoms with E-state index in [-0.39, 0.29) is 24.6 Å². The molecule has 0 atom stereocenters. The molecule has 0 aliphatic rings. The summed E-state index contributed by atoms with van der Waals surface area (Å²) < 4.78 is 45.0. The third-order valence-electron chi connectivity index (χ3n) is 2.64. The van der Waals surface area contributed by atoms with Crippen molar-refractivity contribution in [3.8, 4) is 5.75 Å². The zero-order valence-corrected chi connectivity index (χ0v) is 11.6. The van der Waals surface area contributed by atoms with Crippen LogP contribution < -0.4 is 10.1 Å². The van der Waals surface area contributed by atoms with E-state index >= 15 is 0 Å². The molecule has 0 bridgehead atoms. The fraction of sp³-hybridized carbons (Fsp3) is 0.286. The van der Waals surface area contributed by atoms with E-state index in [2.05, 4.69) is 15.2 Å². The van der Waals surface area contributed by atoms with Gasteiger partial charge in [-0.25, -0.2) is 0 Å². The molecule has 118 valence electrons. The van der Waals surface area contributed by atoms with E-state index in [1.54, 1.807) is 19.1 Å². The first-order valence-electron chi connectivity index (χ1n) is 6.35. The van der Waals surface area contributed by atoms with Gasteiger partial charge in [0.15, 0.2) is 0 Å². The number of carbonyl (C=O) groups is 1. The molecule has 1 aromatic carbocycles. The Balaban J connectivity index is 1.89. The highest BCUT2D eigenvalue weighted by molar-refractivity contribution is 5.78. The van der Waals surface area contributed by atoms with E-state index in [9.17, 15) is 18.0 Å². The van der Waals surface area contributed by atoms with Crippen molar-refractivity contribution in [2.24, 2.45) is 0 Å². The lowest BCUT2D eigenvalue weighted by atomic mass is 10.1. The van der Waals surface area contributed by atoms with Crippen LogP contribution in [0.15, 0.2) is 34.9 Å². The first kappa shape index (κ1) is 15.9. The highest BCUT2D eigenvalue weighted by atomic mass is 19.4. The zero-order chi connectivity index (χ0) is 16.2. The Bertz CT molecular complexity index is 653. The second kappa shape index (κ2) is 6.50. The minimum atomic E-state index is -4.76. The lowest BCUT2D eigenvalue weighted by Crippen LogP contribution is -2.24. The van der Waals surface area contributed by atoms with Crippen LogP contribution in [-0.4, -0.2) is 17.4 Å². The van der Waals surface area contributed by atoms with Gasteiger partial charge in [-0.1, -0.05) is 17.3 Å². The molecule has 0 saturated heterocycles. The molecular weight excluding hydrogens is 301 g/mol. The van der Waals surface area contributed by atoms with Gasteiger partial charge in [0.1, 0.15) is 17.2 Å². The van der Waals surface area contributed by atoms with Crippen LogP contribution in [0.5, 0.6) is 5.75 Å². The molecule has 1 amide bonds. The van der Waals surface area contributed by atoms with Crippen LogP contribution in [0, 0.1) is 6.92 Å². The van der Waals surface area contributed by atoms with Gasteiger partial charge in [-0.05, 0) is 24.6 Å². The highest BCUT2D eigenvalue weighted by Crippen LogP contribution is 2.23. The summed E-state index contributed by atoms with van der Waals surface area (Å²) in [5.74, 6) is -0.0732. The fourth-order valence-electron chi connectivity index (χ4n) is 1.79. The Hall–Kier alpha value is -2.51. The van der Waals surface area contributed by atoms with Crippen molar-refractivity contribution < 1.29 is 27.2 Å². The molecule has 0 unspecified atom stereocenters. The second-order valence-corrected chi connectivity index (χ2v) is 4.58. The summed E-state index contributed by atoms with van der Waals surface area (Å²) in [6, 6.07) is 6.96. The van der Waals surface area contributed by atoms with Crippen LogP contribution in [-0.2, 0) is 17.8 Å². The normalized spacial score (nSPS) is 11.3. The molecule has 2 aromatic rings. The van der Waals surface area contributed by atoms with E-state index in [4.69, 9.17) is 4.52 Å². The summed E-state index contributed by atoms with van der Waals surface area (Å²) in [5.41, 5.74) is 0.982. The summed E-state index contributed by atoms with van der Waals surface area (Å²) in [7, 11) is 0. The number of aryl methyl sites for hydroxylation is 1. The maximum Gasteiger partial charge on any atom is 0.573 e. The number of nitrogens with one attached hydrogen (secondary N) is 1. The van der Waals surface area contributed by atoms with Crippen LogP contribution in [0.25, 0.3) is 0 Å². The predicted molar refractivity (Wildman–Crippen MR) is 69.9 cm³/mol. The molecule has 22 heavy (non-hydrogen) atoms. The van der Waals surface area contributed by atoms with Gasteiger partial charge in [0, 0.05) is 6.07 Å². The standard InChI is InChI=1S/C14H13F3N2O3/c1-9-5-11(19-22-9)8-18-13(20)7-10-3-2-4-12(6-10)21-14(15,16)17/h2-6H,7-8H2,1H3,(H,18,20). The number of amides is 1. The van der Waals surface area contributed by atoms with E-state index in [0.717, 1.165) is 0 Å². The summed E-state index contributed by atoms with van der Waals surface area (Å²) in [6.07, 6.45) is -4.82. The van der Waals surface area contributed by atoms with Crippen LogP contribution >= 0.6 is 0 Å². The number of halogens is 3. The molecule has 5 nitrogen and oxygen atoms in total. The van der Waals surface area contributed by atoms with Gasteiger partial charge < -0.3 is 14.6 Å². The van der Waals surface area contributed by atoms with Crippen molar-refractivity contribution in [2.45, 2.75) is 26.3 Å². The third-order valence-corrected chi connectivity index (χ3v) is 2.64. The minimum absolute atomic E-state index is 0.0636. The average Bonchev–Trinajstić information content (AvgIpc) is 2.81. The van der Waals surface area contributed by atoms with Gasteiger partial charge in [0.05, 0.1) is 13.0 Å². The smallest absolute Gasteiger partial charge is 0.406 e. The van der Waals surface area contributed by atoms with Gasteiger partial charge in [-0.15, -0.1) is 13.2 Å². The van der Waals surface area contributed by atoms with Gasteiger partial charge in [0.2, 0.25) is 5.91 Å². The molecule has 1 heterocycles. The largest absolute Gasteiger partial charge is 0.573 e. The Morgan fingerprint density at radius 2 is 2.14 bits per heavy atom. The maximum atomic E-state index is 12.1. The van der Waals surface area contributed by atoms with Gasteiger partial charge >= 0.3 is 6.36 Å². The summed E-state index contributed by atoms with van der Waals surface area (Å²) in [6.45, 7) is 1.92. The Labute approximate surface area is 124 Å². The predicted octanol–water partition coefficient (Wildman–Crippen LogP) is 2.74. The van der Waals surface area contributed by atoms with Crippen molar-refractivity contribution in [3.63, 3.8) is 0 Å². The number of nitrogens with zero attached hydrogens (tertiary/aromatic N) is 1. The second-order valence-electron chi connectivity index (χ2n) is 4.58. The molecule has 2 rings (SSSR count). The minimum Gasteiger partial charge on any atom is -0.406 e. The lowest BCUT2D eigenvalue weighted by molar-refractivity contribution is -0.274. The maximum absolute atomic E-state index is 12.1. The molecule has 1 aromatic heterocycles. The van der Waals surface area contributed by atoms with E-state index < -0.39 is 6.36 Å². The number of alkyl halides is 3. The van der Waals surface area contributed by atoms with Crippen molar-refractivity contribution in [1.82, 2.24) is 10.5 Å². The topological polar surface area (TPSA) is 64.4 Å². The number of carbonyl (C=O) groups excluding carboxylic acids is 1. The average molecular weight is 314 g/mol. The zero-order valence-electron chi connectivity index (χ0n) is 11.6. The first-order chi connectivity index (χ1) is 10.3. The Morgan fingerprint density at radius 1 is 1.36 bits per heavy atom. The number of hydrogen-bond donors (Lipinski definition) is 1. The van der Waals surface area contributed by atoms with Gasteiger partial charge in [0.25, 0.3) is 0 Å². The molecule has 0 fully saturated rings. The quantitative estimate of drug-likeness (QED) is 0.921. The van der Waals surface area contributed by atoms with Crippen molar-refractivity contribution >= 4 is 5.91 Å². The summed E-state index contributed by atoms with van der Waals surface area (Å²) >= 11 is 0. The highest BCUT2D eigenvalue weighted by Gasteiger charge is 2.31. The number of ether oxygens (including phenoxy) is 1. The molecule has 0 aliphatic heterocycles. The van der Waals surface area contributed by atoms with Crippen molar-refractivity contribution in [3.05, 3.63) is 47.3 Å². The summed E-state index contributed by atoms with van der Waals surface area (Å²) in [5, 5.41) is 6.32. The molecular formula is C14H13F3N2O3. The number of rotatable bonds is 5. The number of hydrogen-bond acceptors (Lipinski definition) is 4. The van der Waals surface area contributed by atoms with Crippen LogP contribution in [0.4, 0.5) is 13.2 Å². The van der Waals surface area contributed by atoms with Crippen molar-refractivity contribution in [1.29, 1.82) is 0 Å². The van der Waals surface area contributed by atoms with Crippen LogP contribution in [0.2, 0.25) is 0 Å². The summed E-state index contributed by atoms with van der Waals surface area (Å²) in [4.78, 5) is 11.8. The van der Waals surface area contributed by atoms with E-state index in [1.807, 2.05) is 0 Å².